The van der Waals surface area contributed by atoms with Crippen LogP contribution >= 0.6 is 22.7 Å². The summed E-state index contributed by atoms with van der Waals surface area (Å²) in [6.45, 7) is 9.02. The monoisotopic (exact) mass is 1040 g/mol. The van der Waals surface area contributed by atoms with Crippen LogP contribution in [0, 0.1) is 23.5 Å². The van der Waals surface area contributed by atoms with E-state index in [0.29, 0.717) is 11.8 Å². The Morgan fingerprint density at radius 3 is 0.833 bits per heavy atom. The minimum absolute atomic E-state index is 0.264. The number of halogens is 2. The molecule has 0 amide bonds. The van der Waals surface area contributed by atoms with E-state index in [4.69, 9.17) is 0 Å². The largest absolute Gasteiger partial charge is 0.478 e. The van der Waals surface area contributed by atoms with Crippen molar-refractivity contribution in [1.29, 1.82) is 0 Å². The fraction of sp³-hybridized carbons (Fsp3) is 0.750. The van der Waals surface area contributed by atoms with Crippen molar-refractivity contribution < 1.29 is 28.6 Å². The Bertz CT molecular complexity index is 1720. The third-order valence-electron chi connectivity index (χ3n) is 15.5. The second kappa shape index (κ2) is 40.7. The molecule has 0 saturated carbocycles. The number of carboxylic acids is 2. The van der Waals surface area contributed by atoms with Gasteiger partial charge >= 0.3 is 11.9 Å². The molecule has 4 nitrogen and oxygen atoms in total. The Kier molecular flexibility index (Phi) is 36.0. The third-order valence-corrected chi connectivity index (χ3v) is 17.5. The summed E-state index contributed by atoms with van der Waals surface area (Å²) in [5.41, 5.74) is -0.525. The molecule has 3 aromatic rings. The summed E-state index contributed by atoms with van der Waals surface area (Å²) >= 11 is 2.37. The summed E-state index contributed by atoms with van der Waals surface area (Å²) in [5, 5.41) is 25.0. The highest BCUT2D eigenvalue weighted by atomic mass is 32.1. The van der Waals surface area contributed by atoms with Gasteiger partial charge in [-0.2, -0.15) is 0 Å². The quantitative estimate of drug-likeness (QED) is 0.0553. The van der Waals surface area contributed by atoms with Crippen molar-refractivity contribution in [2.45, 2.75) is 297 Å². The van der Waals surface area contributed by atoms with Crippen LogP contribution in [0.5, 0.6) is 0 Å². The lowest BCUT2D eigenvalue weighted by molar-refractivity contribution is 0.0674. The lowest BCUT2D eigenvalue weighted by atomic mass is 9.88. The number of thiophene rings is 2. The molecule has 72 heavy (non-hydrogen) atoms. The molecular formula is C64H104F2O4S2. The SMILES string of the molecule is CCCCCCCCCCCCC(CCCCCCCCCC)Cc1csc(-c2c(F)c(C(=O)O)c(-c3cc(CC(CCCCCCCCCC)CCCCCCCCCCCC)cs3)c(F)c2C(=O)O)c1. The smallest absolute Gasteiger partial charge is 0.339 e. The van der Waals surface area contributed by atoms with Gasteiger partial charge in [0, 0.05) is 20.9 Å². The van der Waals surface area contributed by atoms with E-state index >= 15 is 8.78 Å². The van der Waals surface area contributed by atoms with Crippen LogP contribution in [0.4, 0.5) is 8.78 Å². The molecule has 0 aliphatic carbocycles. The zero-order chi connectivity index (χ0) is 52.0. The van der Waals surface area contributed by atoms with Crippen LogP contribution in [0.3, 0.4) is 0 Å². The number of hydrogen-bond donors (Lipinski definition) is 2. The molecule has 2 aromatic heterocycles. The lowest BCUT2D eigenvalue weighted by Crippen LogP contribution is -2.14. The van der Waals surface area contributed by atoms with Gasteiger partial charge in [-0.1, -0.05) is 285 Å². The van der Waals surface area contributed by atoms with Crippen molar-refractivity contribution >= 4 is 34.6 Å². The first-order valence-corrected chi connectivity index (χ1v) is 32.1. The molecule has 8 heteroatoms. The molecule has 0 bridgehead atoms. The predicted octanol–water partition coefficient (Wildman–Crippen LogP) is 22.8. The van der Waals surface area contributed by atoms with E-state index in [0.717, 1.165) is 49.7 Å². The summed E-state index contributed by atoms with van der Waals surface area (Å²) < 4.78 is 33.9. The van der Waals surface area contributed by atoms with Crippen molar-refractivity contribution in [3.05, 3.63) is 56.8 Å². The van der Waals surface area contributed by atoms with Crippen LogP contribution < -0.4 is 0 Å². The maximum atomic E-state index is 17.0. The lowest BCUT2D eigenvalue weighted by Gasteiger charge is -2.17. The molecule has 2 unspecified atom stereocenters. The van der Waals surface area contributed by atoms with Gasteiger partial charge < -0.3 is 10.2 Å². The summed E-state index contributed by atoms with van der Waals surface area (Å²) in [6.07, 6.45) is 52.1. The van der Waals surface area contributed by atoms with Gasteiger partial charge in [-0.3, -0.25) is 0 Å². The highest BCUT2D eigenvalue weighted by Crippen LogP contribution is 2.43. The molecule has 0 spiro atoms. The molecule has 2 atom stereocenters. The van der Waals surface area contributed by atoms with E-state index in [1.165, 1.54) is 254 Å². The topological polar surface area (TPSA) is 74.6 Å². The van der Waals surface area contributed by atoms with E-state index in [1.807, 2.05) is 10.8 Å². The fourth-order valence-electron chi connectivity index (χ4n) is 11.1. The number of rotatable bonds is 48. The first-order chi connectivity index (χ1) is 35.2. The molecule has 0 fully saturated rings. The molecule has 410 valence electrons. The minimum Gasteiger partial charge on any atom is -0.478 e. The molecule has 0 aliphatic heterocycles. The maximum absolute atomic E-state index is 17.0. The van der Waals surface area contributed by atoms with Crippen LogP contribution in [-0.4, -0.2) is 22.2 Å². The Hall–Kier alpha value is -2.58. The summed E-state index contributed by atoms with van der Waals surface area (Å²) in [4.78, 5) is 26.5. The van der Waals surface area contributed by atoms with Crippen LogP contribution in [0.1, 0.15) is 316 Å². The van der Waals surface area contributed by atoms with Gasteiger partial charge in [0.05, 0.1) is 0 Å². The van der Waals surface area contributed by atoms with Crippen molar-refractivity contribution in [2.24, 2.45) is 11.8 Å². The Morgan fingerprint density at radius 2 is 0.611 bits per heavy atom. The van der Waals surface area contributed by atoms with Crippen molar-refractivity contribution in [3.63, 3.8) is 0 Å². The summed E-state index contributed by atoms with van der Waals surface area (Å²) in [7, 11) is 0. The summed E-state index contributed by atoms with van der Waals surface area (Å²) in [6, 6.07) is 3.59. The summed E-state index contributed by atoms with van der Waals surface area (Å²) in [5.74, 6) is -4.64. The van der Waals surface area contributed by atoms with E-state index in [-0.39, 0.29) is 9.75 Å². The van der Waals surface area contributed by atoms with Crippen LogP contribution in [0.15, 0.2) is 22.9 Å². The van der Waals surface area contributed by atoms with E-state index < -0.39 is 45.8 Å². The second-order valence-corrected chi connectivity index (χ2v) is 23.8. The van der Waals surface area contributed by atoms with Gasteiger partial charge in [0.15, 0.2) is 0 Å². The number of aromatic carboxylic acids is 2. The van der Waals surface area contributed by atoms with Crippen LogP contribution in [-0.2, 0) is 12.8 Å². The van der Waals surface area contributed by atoms with E-state index in [1.54, 1.807) is 12.1 Å². The molecule has 0 saturated heterocycles. The molecular weight excluding hydrogens is 935 g/mol. The Morgan fingerprint density at radius 1 is 0.389 bits per heavy atom. The zero-order valence-electron chi connectivity index (χ0n) is 46.4. The van der Waals surface area contributed by atoms with Crippen molar-refractivity contribution in [1.82, 2.24) is 0 Å². The standard InChI is InChI=1S/C64H104F2O4S2/c1-5-9-13-17-21-25-27-31-35-39-43-51(41-37-33-29-23-19-15-11-7-3)45-53-47-55(71-49-53)57-59(63(67)68)62(66)58(60(61(57)65)64(69)70)56-48-54(50-72-56)46-52(42-38-34-30-24-20-16-12-8-4)44-40-36-32-28-26-22-18-14-10-6-2/h47-52H,5-46H2,1-4H3,(H,67,68)(H,69,70). The van der Waals surface area contributed by atoms with Gasteiger partial charge in [0.2, 0.25) is 0 Å². The number of hydrogen-bond acceptors (Lipinski definition) is 4. The number of unbranched alkanes of at least 4 members (excludes halogenated alkanes) is 32. The molecule has 2 N–H and O–H groups in total. The number of benzene rings is 1. The van der Waals surface area contributed by atoms with Gasteiger partial charge in [-0.25, -0.2) is 18.4 Å². The average Bonchev–Trinajstić information content (AvgIpc) is 4.03. The second-order valence-electron chi connectivity index (χ2n) is 22.0. The Labute approximate surface area is 447 Å². The molecule has 1 aromatic carbocycles. The molecule has 2 heterocycles. The maximum Gasteiger partial charge on any atom is 0.339 e. The number of carboxylic acid groups (broad SMARTS) is 2. The first-order valence-electron chi connectivity index (χ1n) is 30.3. The average molecular weight is 1040 g/mol. The Balaban J connectivity index is 1.78. The normalized spacial score (nSPS) is 12.5. The van der Waals surface area contributed by atoms with Gasteiger partial charge in [0.25, 0.3) is 0 Å². The minimum atomic E-state index is -1.60. The van der Waals surface area contributed by atoms with Crippen molar-refractivity contribution in [2.75, 3.05) is 0 Å². The van der Waals surface area contributed by atoms with Crippen molar-refractivity contribution in [3.8, 4) is 20.9 Å². The van der Waals surface area contributed by atoms with Crippen LogP contribution in [0.25, 0.3) is 20.9 Å². The first kappa shape index (κ1) is 63.7. The molecule has 3 rings (SSSR count). The highest BCUT2D eigenvalue weighted by molar-refractivity contribution is 7.14. The van der Waals surface area contributed by atoms with Gasteiger partial charge in [-0.05, 0) is 58.7 Å². The zero-order valence-corrected chi connectivity index (χ0v) is 48.1. The van der Waals surface area contributed by atoms with Gasteiger partial charge in [-0.15, -0.1) is 22.7 Å². The van der Waals surface area contributed by atoms with E-state index in [9.17, 15) is 19.8 Å². The van der Waals surface area contributed by atoms with Crippen LogP contribution in [0.2, 0.25) is 0 Å². The number of carbonyl (C=O) groups is 2. The highest BCUT2D eigenvalue weighted by Gasteiger charge is 2.34. The predicted molar refractivity (Wildman–Crippen MR) is 309 cm³/mol. The fourth-order valence-corrected chi connectivity index (χ4v) is 13.1. The molecule has 0 aliphatic rings. The molecule has 0 radical (unpaired) electrons. The third kappa shape index (κ3) is 25.8. The van der Waals surface area contributed by atoms with Gasteiger partial charge in [0.1, 0.15) is 22.8 Å². The van der Waals surface area contributed by atoms with E-state index in [2.05, 4.69) is 27.7 Å².